The molecule has 1 aliphatic heterocycles. The van der Waals surface area contributed by atoms with E-state index >= 15 is 0 Å². The number of rotatable bonds is 4. The number of carbonyl (C=O) groups is 1. The first-order valence-electron chi connectivity index (χ1n) is 7.96. The number of benzene rings is 1. The molecule has 0 bridgehead atoms. The summed E-state index contributed by atoms with van der Waals surface area (Å²) in [5, 5.41) is 10.8. The zero-order valence-electron chi connectivity index (χ0n) is 13.4. The highest BCUT2D eigenvalue weighted by Gasteiger charge is 2.28. The number of para-hydroxylation sites is 1. The second-order valence-electron chi connectivity index (χ2n) is 5.65. The molecular formula is C17H19ClN2O3S. The van der Waals surface area contributed by atoms with E-state index in [0.29, 0.717) is 22.2 Å². The zero-order chi connectivity index (χ0) is 17.1. The molecule has 0 spiro atoms. The minimum atomic E-state index is -0.107. The number of phenolic OH excluding ortho intramolecular Hbond substituents is 1. The van der Waals surface area contributed by atoms with Gasteiger partial charge in [-0.3, -0.25) is 4.79 Å². The number of carbonyl (C=O) groups excluding carboxylic acids is 1. The Bertz CT molecular complexity index is 726. The van der Waals surface area contributed by atoms with Gasteiger partial charge >= 0.3 is 5.97 Å². The molecule has 0 atom stereocenters. The van der Waals surface area contributed by atoms with Crippen molar-refractivity contribution in [2.24, 2.45) is 5.92 Å². The molecule has 128 valence electrons. The summed E-state index contributed by atoms with van der Waals surface area (Å²) in [6.07, 6.45) is 1.50. The lowest BCUT2D eigenvalue weighted by Gasteiger charge is -2.30. The summed E-state index contributed by atoms with van der Waals surface area (Å²) in [4.78, 5) is 18.6. The Balaban J connectivity index is 1.73. The largest absolute Gasteiger partial charge is 0.507 e. The predicted molar refractivity (Wildman–Crippen MR) is 95.8 cm³/mol. The Morgan fingerprint density at radius 1 is 1.42 bits per heavy atom. The molecule has 1 aromatic carbocycles. The Morgan fingerprint density at radius 3 is 2.79 bits per heavy atom. The Labute approximate surface area is 149 Å². The number of nitrogens with zero attached hydrogens (tertiary/aromatic N) is 2. The maximum atomic E-state index is 11.8. The number of hydrogen-bond donors (Lipinski definition) is 1. The van der Waals surface area contributed by atoms with E-state index in [1.807, 2.05) is 13.0 Å². The van der Waals surface area contributed by atoms with Crippen LogP contribution < -0.4 is 4.90 Å². The number of piperidine rings is 1. The fraction of sp³-hybridized carbons (Fsp3) is 0.412. The fourth-order valence-electron chi connectivity index (χ4n) is 2.83. The van der Waals surface area contributed by atoms with Gasteiger partial charge in [0.05, 0.1) is 12.5 Å². The third-order valence-electron chi connectivity index (χ3n) is 4.12. The summed E-state index contributed by atoms with van der Waals surface area (Å²) in [7, 11) is 0. The van der Waals surface area contributed by atoms with Gasteiger partial charge < -0.3 is 14.7 Å². The van der Waals surface area contributed by atoms with E-state index in [1.165, 1.54) is 11.3 Å². The molecule has 7 heteroatoms. The van der Waals surface area contributed by atoms with Crippen molar-refractivity contribution < 1.29 is 14.6 Å². The van der Waals surface area contributed by atoms with Crippen LogP contribution in [0.15, 0.2) is 24.3 Å². The highest BCUT2D eigenvalue weighted by Crippen LogP contribution is 2.40. The minimum Gasteiger partial charge on any atom is -0.507 e. The minimum absolute atomic E-state index is 0.0331. The van der Waals surface area contributed by atoms with E-state index in [1.54, 1.807) is 18.2 Å². The molecule has 1 N–H and O–H groups in total. The van der Waals surface area contributed by atoms with Crippen molar-refractivity contribution >= 4 is 34.0 Å². The molecule has 1 aliphatic rings. The number of aromatic hydroxyl groups is 1. The van der Waals surface area contributed by atoms with Crippen LogP contribution in [0.1, 0.15) is 19.8 Å². The van der Waals surface area contributed by atoms with Crippen molar-refractivity contribution in [3.05, 3.63) is 28.6 Å². The summed E-state index contributed by atoms with van der Waals surface area (Å²) in [5.74, 6) is 0.0239. The van der Waals surface area contributed by atoms with Gasteiger partial charge in [0.2, 0.25) is 0 Å². The molecule has 24 heavy (non-hydrogen) atoms. The first-order valence-corrected chi connectivity index (χ1v) is 9.16. The molecule has 0 saturated carbocycles. The third kappa shape index (κ3) is 3.49. The van der Waals surface area contributed by atoms with Gasteiger partial charge in [-0.15, -0.1) is 0 Å². The van der Waals surface area contributed by atoms with Crippen LogP contribution in [0.5, 0.6) is 5.75 Å². The second kappa shape index (κ2) is 7.40. The molecule has 1 fully saturated rings. The van der Waals surface area contributed by atoms with E-state index in [2.05, 4.69) is 9.88 Å². The monoisotopic (exact) mass is 366 g/mol. The zero-order valence-corrected chi connectivity index (χ0v) is 14.9. The van der Waals surface area contributed by atoms with Crippen molar-refractivity contribution in [2.45, 2.75) is 19.8 Å². The SMILES string of the molecule is CCOC(=O)C1CCN(c2nc(-c3ccccc3O)c(Cl)s2)CC1. The molecule has 0 radical (unpaired) electrons. The van der Waals surface area contributed by atoms with Crippen LogP contribution in [0.2, 0.25) is 4.34 Å². The van der Waals surface area contributed by atoms with Gasteiger partial charge in [-0.2, -0.15) is 0 Å². The normalized spacial score (nSPS) is 15.5. The molecule has 2 heterocycles. The molecule has 1 saturated heterocycles. The lowest BCUT2D eigenvalue weighted by atomic mass is 9.97. The first-order chi connectivity index (χ1) is 11.6. The molecular weight excluding hydrogens is 348 g/mol. The van der Waals surface area contributed by atoms with Crippen LogP contribution in [0.4, 0.5) is 5.13 Å². The number of aromatic nitrogens is 1. The lowest BCUT2D eigenvalue weighted by molar-refractivity contribution is -0.148. The number of esters is 1. The van der Waals surface area contributed by atoms with Gasteiger partial charge in [-0.1, -0.05) is 35.1 Å². The summed E-state index contributed by atoms with van der Waals surface area (Å²) in [6.45, 7) is 3.73. The van der Waals surface area contributed by atoms with E-state index in [0.717, 1.165) is 31.1 Å². The maximum absolute atomic E-state index is 11.8. The first kappa shape index (κ1) is 17.0. The smallest absolute Gasteiger partial charge is 0.309 e. The van der Waals surface area contributed by atoms with Gasteiger partial charge in [0.25, 0.3) is 0 Å². The van der Waals surface area contributed by atoms with Crippen LogP contribution >= 0.6 is 22.9 Å². The molecule has 0 unspecified atom stereocenters. The fourth-order valence-corrected chi connectivity index (χ4v) is 4.04. The second-order valence-corrected chi connectivity index (χ2v) is 7.23. The molecule has 1 aromatic heterocycles. The van der Waals surface area contributed by atoms with Crippen molar-refractivity contribution in [1.82, 2.24) is 4.98 Å². The number of thiazole rings is 1. The summed E-state index contributed by atoms with van der Waals surface area (Å²) in [5.41, 5.74) is 1.23. The topological polar surface area (TPSA) is 62.7 Å². The van der Waals surface area contributed by atoms with Crippen LogP contribution in [0, 0.1) is 5.92 Å². The quantitative estimate of drug-likeness (QED) is 0.830. The molecule has 0 amide bonds. The highest BCUT2D eigenvalue weighted by atomic mass is 35.5. The number of hydrogen-bond acceptors (Lipinski definition) is 6. The van der Waals surface area contributed by atoms with E-state index < -0.39 is 0 Å². The van der Waals surface area contributed by atoms with Crippen LogP contribution in [0.3, 0.4) is 0 Å². The van der Waals surface area contributed by atoms with E-state index in [9.17, 15) is 9.90 Å². The summed E-state index contributed by atoms with van der Waals surface area (Å²) in [6, 6.07) is 7.03. The predicted octanol–water partition coefficient (Wildman–Crippen LogP) is 3.95. The van der Waals surface area contributed by atoms with Crippen LogP contribution in [-0.4, -0.2) is 35.8 Å². The van der Waals surface area contributed by atoms with Gasteiger partial charge in [0.15, 0.2) is 5.13 Å². The van der Waals surface area contributed by atoms with E-state index in [-0.39, 0.29) is 17.6 Å². The highest BCUT2D eigenvalue weighted by molar-refractivity contribution is 7.20. The van der Waals surface area contributed by atoms with Crippen molar-refractivity contribution in [3.63, 3.8) is 0 Å². The van der Waals surface area contributed by atoms with Gasteiger partial charge in [0, 0.05) is 18.7 Å². The standard InChI is InChI=1S/C17H19ClN2O3S/c1-2-23-16(22)11-7-9-20(10-8-11)17-19-14(15(18)24-17)12-5-3-4-6-13(12)21/h3-6,11,21H,2,7-10H2,1H3. The average molecular weight is 367 g/mol. The Kier molecular flexibility index (Phi) is 5.26. The Morgan fingerprint density at radius 2 is 2.12 bits per heavy atom. The number of halogens is 1. The van der Waals surface area contributed by atoms with Gasteiger partial charge in [-0.25, -0.2) is 4.98 Å². The van der Waals surface area contributed by atoms with Gasteiger partial charge in [-0.05, 0) is 31.9 Å². The molecule has 0 aliphatic carbocycles. The summed E-state index contributed by atoms with van der Waals surface area (Å²) < 4.78 is 5.65. The van der Waals surface area contributed by atoms with Crippen molar-refractivity contribution in [2.75, 3.05) is 24.6 Å². The third-order valence-corrected chi connectivity index (χ3v) is 5.43. The number of ether oxygens (including phenoxy) is 1. The number of phenols is 1. The van der Waals surface area contributed by atoms with Crippen molar-refractivity contribution in [3.8, 4) is 17.0 Å². The molecule has 2 aromatic rings. The Hall–Kier alpha value is -1.79. The molecule has 5 nitrogen and oxygen atoms in total. The number of anilines is 1. The van der Waals surface area contributed by atoms with Gasteiger partial charge in [0.1, 0.15) is 15.8 Å². The molecule has 3 rings (SSSR count). The summed E-state index contributed by atoms with van der Waals surface area (Å²) >= 11 is 7.73. The van der Waals surface area contributed by atoms with Crippen molar-refractivity contribution in [1.29, 1.82) is 0 Å². The van der Waals surface area contributed by atoms with Crippen LogP contribution in [-0.2, 0) is 9.53 Å². The van der Waals surface area contributed by atoms with E-state index in [4.69, 9.17) is 16.3 Å². The maximum Gasteiger partial charge on any atom is 0.309 e. The lowest BCUT2D eigenvalue weighted by Crippen LogP contribution is -2.36. The van der Waals surface area contributed by atoms with Crippen LogP contribution in [0.25, 0.3) is 11.3 Å². The average Bonchev–Trinajstić information content (AvgIpc) is 2.97.